The van der Waals surface area contributed by atoms with Crippen LogP contribution in [0.2, 0.25) is 0 Å². The predicted molar refractivity (Wildman–Crippen MR) is 51.5 cm³/mol. The molecule has 2 rings (SSSR count). The zero-order valence-corrected chi connectivity index (χ0v) is 7.76. The van der Waals surface area contributed by atoms with Crippen molar-refractivity contribution in [2.75, 3.05) is 18.0 Å². The number of anilines is 1. The second kappa shape index (κ2) is 3.41. The lowest BCUT2D eigenvalue weighted by Gasteiger charge is -2.30. The fraction of sp³-hybridized carbons (Fsp3) is 0.625. The SMILES string of the molecule is NC1CCCN(c2nccs2)C1. The minimum absolute atomic E-state index is 0.336. The van der Waals surface area contributed by atoms with Gasteiger partial charge in [-0.2, -0.15) is 0 Å². The lowest BCUT2D eigenvalue weighted by molar-refractivity contribution is 0.505. The van der Waals surface area contributed by atoms with Crippen molar-refractivity contribution in [3.63, 3.8) is 0 Å². The molecule has 2 N–H and O–H groups in total. The molecule has 0 radical (unpaired) electrons. The summed E-state index contributed by atoms with van der Waals surface area (Å²) in [7, 11) is 0. The molecule has 3 nitrogen and oxygen atoms in total. The Bertz CT molecular complexity index is 234. The van der Waals surface area contributed by atoms with Gasteiger partial charge in [-0.25, -0.2) is 4.98 Å². The third-order valence-electron chi connectivity index (χ3n) is 2.15. The Kier molecular flexibility index (Phi) is 2.28. The summed E-state index contributed by atoms with van der Waals surface area (Å²) in [5, 5.41) is 3.13. The first kappa shape index (κ1) is 8.01. The number of hydrogen-bond donors (Lipinski definition) is 1. The predicted octanol–water partition coefficient (Wildman–Crippen LogP) is 1.07. The van der Waals surface area contributed by atoms with Crippen LogP contribution in [0, 0.1) is 0 Å². The summed E-state index contributed by atoms with van der Waals surface area (Å²) in [6, 6.07) is 0.336. The molecule has 0 aromatic carbocycles. The largest absolute Gasteiger partial charge is 0.347 e. The van der Waals surface area contributed by atoms with E-state index in [9.17, 15) is 0 Å². The van der Waals surface area contributed by atoms with Gasteiger partial charge >= 0.3 is 0 Å². The first-order valence-electron chi connectivity index (χ1n) is 4.26. The smallest absolute Gasteiger partial charge is 0.185 e. The van der Waals surface area contributed by atoms with Gasteiger partial charge in [0.25, 0.3) is 0 Å². The van der Waals surface area contributed by atoms with Crippen LogP contribution >= 0.6 is 11.3 Å². The minimum Gasteiger partial charge on any atom is -0.347 e. The molecule has 0 saturated carbocycles. The minimum atomic E-state index is 0.336. The van der Waals surface area contributed by atoms with Gasteiger partial charge in [0, 0.05) is 30.7 Å². The number of thiazole rings is 1. The molecule has 1 aromatic heterocycles. The number of rotatable bonds is 1. The molecule has 1 fully saturated rings. The van der Waals surface area contributed by atoms with Crippen molar-refractivity contribution >= 4 is 16.5 Å². The van der Waals surface area contributed by atoms with Gasteiger partial charge in [0.05, 0.1) is 0 Å². The molecule has 66 valence electrons. The Morgan fingerprint density at radius 1 is 1.67 bits per heavy atom. The summed E-state index contributed by atoms with van der Waals surface area (Å²) < 4.78 is 0. The highest BCUT2D eigenvalue weighted by Gasteiger charge is 2.17. The van der Waals surface area contributed by atoms with Gasteiger partial charge in [0.15, 0.2) is 5.13 Å². The van der Waals surface area contributed by atoms with E-state index in [0.717, 1.165) is 24.6 Å². The lowest BCUT2D eigenvalue weighted by Crippen LogP contribution is -2.42. The monoisotopic (exact) mass is 183 g/mol. The number of piperidine rings is 1. The third kappa shape index (κ3) is 1.59. The van der Waals surface area contributed by atoms with Crippen molar-refractivity contribution in [2.24, 2.45) is 5.73 Å². The van der Waals surface area contributed by atoms with E-state index >= 15 is 0 Å². The zero-order valence-electron chi connectivity index (χ0n) is 6.94. The topological polar surface area (TPSA) is 42.1 Å². The number of hydrogen-bond acceptors (Lipinski definition) is 4. The van der Waals surface area contributed by atoms with Crippen molar-refractivity contribution in [1.82, 2.24) is 4.98 Å². The Hall–Kier alpha value is -0.610. The van der Waals surface area contributed by atoms with Crippen molar-refractivity contribution in [2.45, 2.75) is 18.9 Å². The molecule has 0 bridgehead atoms. The highest BCUT2D eigenvalue weighted by molar-refractivity contribution is 7.13. The van der Waals surface area contributed by atoms with E-state index in [4.69, 9.17) is 5.73 Å². The van der Waals surface area contributed by atoms with Gasteiger partial charge in [-0.1, -0.05) is 0 Å². The second-order valence-electron chi connectivity index (χ2n) is 3.16. The summed E-state index contributed by atoms with van der Waals surface area (Å²) >= 11 is 1.69. The lowest BCUT2D eigenvalue weighted by atomic mass is 10.1. The van der Waals surface area contributed by atoms with Gasteiger partial charge < -0.3 is 10.6 Å². The van der Waals surface area contributed by atoms with Crippen LogP contribution in [0.5, 0.6) is 0 Å². The molecule has 1 aromatic rings. The van der Waals surface area contributed by atoms with E-state index in [1.165, 1.54) is 6.42 Å². The van der Waals surface area contributed by atoms with Crippen LogP contribution in [-0.2, 0) is 0 Å². The molecule has 1 atom stereocenters. The molecule has 0 spiro atoms. The van der Waals surface area contributed by atoms with Gasteiger partial charge in [-0.15, -0.1) is 11.3 Å². The van der Waals surface area contributed by atoms with Crippen LogP contribution < -0.4 is 10.6 Å². The van der Waals surface area contributed by atoms with Crippen molar-refractivity contribution in [3.05, 3.63) is 11.6 Å². The Labute approximate surface area is 76.2 Å². The van der Waals surface area contributed by atoms with Crippen LogP contribution in [0.25, 0.3) is 0 Å². The van der Waals surface area contributed by atoms with Crippen LogP contribution in [0.3, 0.4) is 0 Å². The van der Waals surface area contributed by atoms with Crippen molar-refractivity contribution in [1.29, 1.82) is 0 Å². The molecule has 1 aliphatic rings. The van der Waals surface area contributed by atoms with Crippen molar-refractivity contribution < 1.29 is 0 Å². The molecule has 1 aliphatic heterocycles. The third-order valence-corrected chi connectivity index (χ3v) is 2.98. The number of aromatic nitrogens is 1. The highest BCUT2D eigenvalue weighted by atomic mass is 32.1. The van der Waals surface area contributed by atoms with Gasteiger partial charge in [-0.3, -0.25) is 0 Å². The van der Waals surface area contributed by atoms with Crippen LogP contribution in [-0.4, -0.2) is 24.1 Å². The maximum atomic E-state index is 5.87. The van der Waals surface area contributed by atoms with Crippen molar-refractivity contribution in [3.8, 4) is 0 Å². The standard InChI is InChI=1S/C8H13N3S/c9-7-2-1-4-11(6-7)8-10-3-5-12-8/h3,5,7H,1-2,4,6,9H2. The molecule has 1 saturated heterocycles. The first-order valence-corrected chi connectivity index (χ1v) is 5.14. The van der Waals surface area contributed by atoms with E-state index in [2.05, 4.69) is 9.88 Å². The molecular formula is C8H13N3S. The van der Waals surface area contributed by atoms with Gasteiger partial charge in [0.1, 0.15) is 0 Å². The summed E-state index contributed by atoms with van der Waals surface area (Å²) in [6.07, 6.45) is 4.20. The van der Waals surface area contributed by atoms with Crippen LogP contribution in [0.4, 0.5) is 5.13 Å². The van der Waals surface area contributed by atoms with Gasteiger partial charge in [-0.05, 0) is 12.8 Å². The summed E-state index contributed by atoms with van der Waals surface area (Å²) in [5.74, 6) is 0. The number of nitrogens with zero attached hydrogens (tertiary/aromatic N) is 2. The Balaban J connectivity index is 2.04. The average Bonchev–Trinajstić information content (AvgIpc) is 2.56. The van der Waals surface area contributed by atoms with E-state index in [1.54, 1.807) is 11.3 Å². The Morgan fingerprint density at radius 3 is 3.25 bits per heavy atom. The Morgan fingerprint density at radius 2 is 2.58 bits per heavy atom. The molecular weight excluding hydrogens is 170 g/mol. The summed E-state index contributed by atoms with van der Waals surface area (Å²) in [4.78, 5) is 6.54. The van der Waals surface area contributed by atoms with E-state index in [0.29, 0.717) is 6.04 Å². The fourth-order valence-electron chi connectivity index (χ4n) is 1.56. The zero-order chi connectivity index (χ0) is 8.39. The molecule has 2 heterocycles. The normalized spacial score (nSPS) is 24.4. The summed E-state index contributed by atoms with van der Waals surface area (Å²) in [5.41, 5.74) is 5.87. The van der Waals surface area contributed by atoms with E-state index in [-0.39, 0.29) is 0 Å². The summed E-state index contributed by atoms with van der Waals surface area (Å²) in [6.45, 7) is 2.08. The average molecular weight is 183 g/mol. The van der Waals surface area contributed by atoms with Crippen LogP contribution in [0.1, 0.15) is 12.8 Å². The fourth-order valence-corrected chi connectivity index (χ4v) is 2.24. The first-order chi connectivity index (χ1) is 5.86. The molecule has 12 heavy (non-hydrogen) atoms. The van der Waals surface area contributed by atoms with Crippen LogP contribution in [0.15, 0.2) is 11.6 Å². The van der Waals surface area contributed by atoms with E-state index < -0.39 is 0 Å². The number of nitrogens with two attached hydrogens (primary N) is 1. The molecule has 4 heteroatoms. The quantitative estimate of drug-likeness (QED) is 0.708. The maximum Gasteiger partial charge on any atom is 0.185 e. The molecule has 0 amide bonds. The highest BCUT2D eigenvalue weighted by Crippen LogP contribution is 2.20. The van der Waals surface area contributed by atoms with Gasteiger partial charge in [0.2, 0.25) is 0 Å². The maximum absolute atomic E-state index is 5.87. The molecule has 1 unspecified atom stereocenters. The molecule has 0 aliphatic carbocycles. The second-order valence-corrected chi connectivity index (χ2v) is 4.04. The van der Waals surface area contributed by atoms with E-state index in [1.807, 2.05) is 11.6 Å².